The first-order chi connectivity index (χ1) is 13.0. The number of carbonyl (C=O) groups is 2. The van der Waals surface area contributed by atoms with Crippen molar-refractivity contribution in [2.45, 2.75) is 13.0 Å². The van der Waals surface area contributed by atoms with Gasteiger partial charge in [-0.2, -0.15) is 4.57 Å². The molecule has 27 heavy (non-hydrogen) atoms. The van der Waals surface area contributed by atoms with Crippen molar-refractivity contribution in [2.75, 3.05) is 5.32 Å². The zero-order chi connectivity index (χ0) is 19.2. The first-order valence-electron chi connectivity index (χ1n) is 8.47. The maximum Gasteiger partial charge on any atom is 0.293 e. The molecule has 0 bridgehead atoms. The molecule has 0 spiro atoms. The maximum atomic E-state index is 12.5. The zero-order valence-corrected chi connectivity index (χ0v) is 14.8. The number of pyridine rings is 1. The van der Waals surface area contributed by atoms with E-state index in [4.69, 9.17) is 10.5 Å². The Kier molecular flexibility index (Phi) is 5.47. The van der Waals surface area contributed by atoms with Gasteiger partial charge in [-0.3, -0.25) is 9.59 Å². The predicted molar refractivity (Wildman–Crippen MR) is 101 cm³/mol. The highest BCUT2D eigenvalue weighted by atomic mass is 16.5. The number of anilines is 1. The van der Waals surface area contributed by atoms with Crippen LogP contribution in [0.2, 0.25) is 0 Å². The van der Waals surface area contributed by atoms with Crippen molar-refractivity contribution in [3.8, 4) is 11.5 Å². The third-order valence-electron chi connectivity index (χ3n) is 4.03. The van der Waals surface area contributed by atoms with E-state index in [0.29, 0.717) is 17.0 Å². The van der Waals surface area contributed by atoms with Gasteiger partial charge in [-0.1, -0.05) is 18.2 Å². The van der Waals surface area contributed by atoms with Crippen LogP contribution < -0.4 is 20.4 Å². The summed E-state index contributed by atoms with van der Waals surface area (Å²) in [6.45, 7) is 1.74. The number of rotatable bonds is 6. The lowest BCUT2D eigenvalue weighted by molar-refractivity contribution is -0.705. The molecule has 2 aromatic carbocycles. The molecule has 0 saturated carbocycles. The summed E-state index contributed by atoms with van der Waals surface area (Å²) < 4.78 is 7.37. The molecule has 0 aliphatic carbocycles. The second kappa shape index (κ2) is 8.14. The van der Waals surface area contributed by atoms with Gasteiger partial charge in [0, 0.05) is 18.7 Å². The highest BCUT2D eigenvalue weighted by Crippen LogP contribution is 2.22. The van der Waals surface area contributed by atoms with E-state index in [1.807, 2.05) is 30.3 Å². The summed E-state index contributed by atoms with van der Waals surface area (Å²) in [7, 11) is 0. The van der Waals surface area contributed by atoms with Crippen molar-refractivity contribution in [1.82, 2.24) is 0 Å². The van der Waals surface area contributed by atoms with Crippen molar-refractivity contribution in [3.05, 3.63) is 84.7 Å². The Bertz CT molecular complexity index is 940. The van der Waals surface area contributed by atoms with E-state index < -0.39 is 11.9 Å². The van der Waals surface area contributed by atoms with Crippen LogP contribution in [0.5, 0.6) is 11.5 Å². The summed E-state index contributed by atoms with van der Waals surface area (Å²) in [5.74, 6) is 0.675. The number of primary amides is 1. The molecule has 0 saturated heterocycles. The first-order valence-corrected chi connectivity index (χ1v) is 8.47. The first kappa shape index (κ1) is 18.1. The van der Waals surface area contributed by atoms with E-state index in [9.17, 15) is 9.59 Å². The fourth-order valence-corrected chi connectivity index (χ4v) is 2.49. The topological polar surface area (TPSA) is 85.3 Å². The number of nitrogens with zero attached hydrogens (tertiary/aromatic N) is 1. The molecule has 3 aromatic rings. The summed E-state index contributed by atoms with van der Waals surface area (Å²) in [6, 6.07) is 19.3. The molecular weight excluding hydrogens is 342 g/mol. The van der Waals surface area contributed by atoms with Crippen LogP contribution in [-0.2, 0) is 4.79 Å². The molecule has 6 heteroatoms. The number of carbonyl (C=O) groups excluding carboxylic acids is 2. The minimum Gasteiger partial charge on any atom is -0.457 e. The maximum absolute atomic E-state index is 12.5. The summed E-state index contributed by atoms with van der Waals surface area (Å²) in [4.78, 5) is 23.8. The number of nitrogens with two attached hydrogens (primary N) is 1. The molecule has 3 rings (SSSR count). The fraction of sp³-hybridized carbons (Fsp3) is 0.0952. The van der Waals surface area contributed by atoms with Crippen molar-refractivity contribution in [2.24, 2.45) is 5.73 Å². The number of para-hydroxylation sites is 1. The van der Waals surface area contributed by atoms with E-state index in [2.05, 4.69) is 5.32 Å². The number of benzene rings is 2. The molecule has 1 atom stereocenters. The summed E-state index contributed by atoms with van der Waals surface area (Å²) in [6.07, 6.45) is 3.27. The van der Waals surface area contributed by atoms with E-state index in [1.165, 1.54) is 0 Å². The molecule has 1 aromatic heterocycles. The standard InChI is InChI=1S/C21H19N3O3/c1-15(24-13-5-6-16(14-24)20(22)25)21(26)23-17-9-11-19(12-10-17)27-18-7-3-2-4-8-18/h2-15H,1H3,(H2-,22,23,25,26)/p+1/t15-/m1/s1. The Labute approximate surface area is 157 Å². The minimum absolute atomic E-state index is 0.210. The monoisotopic (exact) mass is 362 g/mol. The SMILES string of the molecule is C[C@H](C(=O)Nc1ccc(Oc2ccccc2)cc1)[n+]1cccc(C(N)=O)c1. The Morgan fingerprint density at radius 2 is 1.63 bits per heavy atom. The lowest BCUT2D eigenvalue weighted by Crippen LogP contribution is -2.44. The molecule has 2 amide bonds. The number of ether oxygens (including phenoxy) is 1. The highest BCUT2D eigenvalue weighted by Gasteiger charge is 2.23. The smallest absolute Gasteiger partial charge is 0.293 e. The van der Waals surface area contributed by atoms with Crippen LogP contribution in [0, 0.1) is 0 Å². The Hall–Kier alpha value is -3.67. The van der Waals surface area contributed by atoms with E-state index in [0.717, 1.165) is 5.75 Å². The summed E-state index contributed by atoms with van der Waals surface area (Å²) in [5.41, 5.74) is 6.29. The van der Waals surface area contributed by atoms with Crippen LogP contribution in [0.25, 0.3) is 0 Å². The van der Waals surface area contributed by atoms with Crippen LogP contribution in [-0.4, -0.2) is 11.8 Å². The lowest BCUT2D eigenvalue weighted by atomic mass is 10.2. The van der Waals surface area contributed by atoms with Gasteiger partial charge in [0.05, 0.1) is 0 Å². The van der Waals surface area contributed by atoms with Crippen LogP contribution in [0.15, 0.2) is 79.1 Å². The number of hydrogen-bond acceptors (Lipinski definition) is 3. The molecule has 0 radical (unpaired) electrons. The molecule has 1 heterocycles. The van der Waals surface area contributed by atoms with E-state index in [-0.39, 0.29) is 5.91 Å². The van der Waals surface area contributed by atoms with Gasteiger partial charge in [0.1, 0.15) is 17.1 Å². The molecule has 0 aliphatic rings. The minimum atomic E-state index is -0.536. The fourth-order valence-electron chi connectivity index (χ4n) is 2.49. The van der Waals surface area contributed by atoms with Crippen LogP contribution in [0.3, 0.4) is 0 Å². The van der Waals surface area contributed by atoms with Crippen molar-refractivity contribution >= 4 is 17.5 Å². The van der Waals surface area contributed by atoms with Gasteiger partial charge < -0.3 is 15.8 Å². The summed E-state index contributed by atoms with van der Waals surface area (Å²) >= 11 is 0. The third kappa shape index (κ3) is 4.70. The predicted octanol–water partition coefficient (Wildman–Crippen LogP) is 3.07. The lowest BCUT2D eigenvalue weighted by Gasteiger charge is -2.10. The molecule has 0 unspecified atom stereocenters. The van der Waals surface area contributed by atoms with Gasteiger partial charge in [-0.15, -0.1) is 0 Å². The van der Waals surface area contributed by atoms with Gasteiger partial charge in [0.2, 0.25) is 6.04 Å². The largest absolute Gasteiger partial charge is 0.457 e. The van der Waals surface area contributed by atoms with Crippen LogP contribution in [0.1, 0.15) is 23.3 Å². The normalized spacial score (nSPS) is 11.4. The number of aromatic nitrogens is 1. The Balaban J connectivity index is 1.65. The van der Waals surface area contributed by atoms with Crippen molar-refractivity contribution in [1.29, 1.82) is 0 Å². The number of nitrogens with one attached hydrogen (secondary N) is 1. The average Bonchev–Trinajstić information content (AvgIpc) is 2.69. The molecular formula is C21H20N3O3+. The zero-order valence-electron chi connectivity index (χ0n) is 14.8. The van der Waals surface area contributed by atoms with Gasteiger partial charge >= 0.3 is 0 Å². The van der Waals surface area contributed by atoms with Gasteiger partial charge in [-0.05, 0) is 42.5 Å². The van der Waals surface area contributed by atoms with Gasteiger partial charge in [0.25, 0.3) is 11.8 Å². The van der Waals surface area contributed by atoms with E-state index in [1.54, 1.807) is 60.3 Å². The Morgan fingerprint density at radius 1 is 0.963 bits per heavy atom. The van der Waals surface area contributed by atoms with E-state index >= 15 is 0 Å². The molecule has 0 fully saturated rings. The highest BCUT2D eigenvalue weighted by molar-refractivity contribution is 5.93. The summed E-state index contributed by atoms with van der Waals surface area (Å²) in [5, 5.41) is 2.85. The van der Waals surface area contributed by atoms with Crippen LogP contribution in [0.4, 0.5) is 5.69 Å². The van der Waals surface area contributed by atoms with Crippen LogP contribution >= 0.6 is 0 Å². The quantitative estimate of drug-likeness (QED) is 0.661. The molecule has 0 aliphatic heterocycles. The number of hydrogen-bond donors (Lipinski definition) is 2. The average molecular weight is 362 g/mol. The third-order valence-corrected chi connectivity index (χ3v) is 4.03. The number of amides is 2. The Morgan fingerprint density at radius 3 is 2.30 bits per heavy atom. The van der Waals surface area contributed by atoms with Gasteiger partial charge in [-0.25, -0.2) is 0 Å². The van der Waals surface area contributed by atoms with Crippen molar-refractivity contribution in [3.63, 3.8) is 0 Å². The molecule has 6 nitrogen and oxygen atoms in total. The molecule has 3 N–H and O–H groups in total. The van der Waals surface area contributed by atoms with Crippen molar-refractivity contribution < 1.29 is 18.9 Å². The molecule has 136 valence electrons. The second-order valence-electron chi connectivity index (χ2n) is 6.01. The second-order valence-corrected chi connectivity index (χ2v) is 6.01. The van der Waals surface area contributed by atoms with Gasteiger partial charge in [0.15, 0.2) is 12.4 Å².